The van der Waals surface area contributed by atoms with Gasteiger partial charge in [0.15, 0.2) is 5.78 Å². The number of allylic oxidation sites excluding steroid dienone is 3. The van der Waals surface area contributed by atoms with Crippen LogP contribution in [0.1, 0.15) is 54.4 Å². The van der Waals surface area contributed by atoms with Gasteiger partial charge in [0, 0.05) is 18.9 Å². The van der Waals surface area contributed by atoms with Gasteiger partial charge < -0.3 is 0 Å². The van der Waals surface area contributed by atoms with E-state index in [0.29, 0.717) is 0 Å². The van der Waals surface area contributed by atoms with Crippen molar-refractivity contribution in [3.05, 3.63) is 24.3 Å². The summed E-state index contributed by atoms with van der Waals surface area (Å²) in [6.07, 6.45) is 6.70. The molecule has 126 valence electrons. The number of likely N-dealkylation sites (tertiary alicyclic amines) is 1. The number of amides is 1. The molecule has 1 aliphatic heterocycles. The third-order valence-electron chi connectivity index (χ3n) is 5.04. The highest BCUT2D eigenvalue weighted by Crippen LogP contribution is 2.51. The number of nitrogens with two attached hydrogens (primary N) is 1. The molecule has 5 heteroatoms. The molecule has 0 aromatic rings. The van der Waals surface area contributed by atoms with Crippen LogP contribution in [0.15, 0.2) is 24.3 Å². The Bertz CT molecular complexity index is 588. The Balaban J connectivity index is 3.53. The fraction of sp³-hybridized carbons (Fsp3) is 0.611. The molecule has 1 rings (SSSR count). The molecule has 0 saturated carbocycles. The van der Waals surface area contributed by atoms with E-state index in [1.54, 1.807) is 26.0 Å². The van der Waals surface area contributed by atoms with Crippen LogP contribution in [0.2, 0.25) is 0 Å². The van der Waals surface area contributed by atoms with E-state index in [-0.39, 0.29) is 29.1 Å². The number of nitrogens with zero attached hydrogens (tertiary/aromatic N) is 2. The Kier molecular flexibility index (Phi) is 5.05. The van der Waals surface area contributed by atoms with Crippen LogP contribution < -0.4 is 5.84 Å². The molecule has 2 N–H and O–H groups in total. The number of hydrogen-bond donors (Lipinski definition) is 1. The van der Waals surface area contributed by atoms with Gasteiger partial charge in [-0.25, -0.2) is 4.79 Å². The van der Waals surface area contributed by atoms with Gasteiger partial charge in [-0.2, -0.15) is 15.7 Å². The third kappa shape index (κ3) is 2.77. The first-order chi connectivity index (χ1) is 10.4. The van der Waals surface area contributed by atoms with Gasteiger partial charge in [0.1, 0.15) is 16.5 Å². The van der Waals surface area contributed by atoms with Gasteiger partial charge >= 0.3 is 5.91 Å². The Morgan fingerprint density at radius 2 is 1.48 bits per heavy atom. The van der Waals surface area contributed by atoms with Crippen molar-refractivity contribution in [3.63, 3.8) is 0 Å². The summed E-state index contributed by atoms with van der Waals surface area (Å²) in [6, 6.07) is 2.23. The smallest absolute Gasteiger partial charge is 0.293 e. The average Bonchev–Trinajstić information content (AvgIpc) is 2.43. The number of carbonyl (C=O) groups excluding carboxylic acids is 2. The molecule has 0 aromatic heterocycles. The van der Waals surface area contributed by atoms with E-state index in [9.17, 15) is 14.9 Å². The van der Waals surface area contributed by atoms with Crippen LogP contribution in [0, 0.1) is 16.7 Å². The lowest BCUT2D eigenvalue weighted by Crippen LogP contribution is -2.81. The number of hydrogen-bond acceptors (Lipinski definition) is 4. The fourth-order valence-corrected chi connectivity index (χ4v) is 4.08. The van der Waals surface area contributed by atoms with Crippen LogP contribution in [0.25, 0.3) is 0 Å². The highest BCUT2D eigenvalue weighted by molar-refractivity contribution is 5.97. The highest BCUT2D eigenvalue weighted by Gasteiger charge is 2.67. The molecule has 0 radical (unpaired) electrons. The van der Waals surface area contributed by atoms with E-state index >= 15 is 0 Å². The van der Waals surface area contributed by atoms with Crippen LogP contribution in [0.3, 0.4) is 0 Å². The molecule has 0 bridgehead atoms. The SMILES string of the molecule is C/C=C/C(=O)C1(C#N)CC(C)(C)[N+](N)(C(=O)/C=C/C)C(C)(C)C1. The summed E-state index contributed by atoms with van der Waals surface area (Å²) in [7, 11) is 0. The van der Waals surface area contributed by atoms with Gasteiger partial charge in [0.05, 0.1) is 6.07 Å². The van der Waals surface area contributed by atoms with E-state index in [4.69, 9.17) is 5.84 Å². The van der Waals surface area contributed by atoms with Crippen molar-refractivity contribution >= 4 is 11.7 Å². The molecule has 1 amide bonds. The number of piperidine rings is 1. The van der Waals surface area contributed by atoms with Gasteiger partial charge in [-0.15, -0.1) is 0 Å². The first-order valence-electron chi connectivity index (χ1n) is 7.87. The molecule has 1 aliphatic rings. The van der Waals surface area contributed by atoms with Gasteiger partial charge in [-0.1, -0.05) is 12.2 Å². The maximum atomic E-state index is 12.7. The first-order valence-corrected chi connectivity index (χ1v) is 7.87. The summed E-state index contributed by atoms with van der Waals surface area (Å²) in [5, 5.41) is 9.76. The largest absolute Gasteiger partial charge is 0.358 e. The van der Waals surface area contributed by atoms with Crippen LogP contribution in [-0.2, 0) is 9.59 Å². The van der Waals surface area contributed by atoms with Gasteiger partial charge in [0.2, 0.25) is 0 Å². The van der Waals surface area contributed by atoms with Crippen molar-refractivity contribution < 1.29 is 14.2 Å². The van der Waals surface area contributed by atoms with E-state index < -0.39 is 16.5 Å². The van der Waals surface area contributed by atoms with Gasteiger partial charge in [0.25, 0.3) is 0 Å². The molecule has 0 aliphatic carbocycles. The Hall–Kier alpha value is -1.77. The lowest BCUT2D eigenvalue weighted by Gasteiger charge is -2.58. The Morgan fingerprint density at radius 1 is 1.04 bits per heavy atom. The lowest BCUT2D eigenvalue weighted by atomic mass is 9.62. The molecule has 0 unspecified atom stereocenters. The summed E-state index contributed by atoms with van der Waals surface area (Å²) in [5.74, 6) is 6.16. The topological polar surface area (TPSA) is 83.9 Å². The minimum Gasteiger partial charge on any atom is -0.293 e. The van der Waals surface area contributed by atoms with Crippen molar-refractivity contribution in [2.75, 3.05) is 0 Å². The van der Waals surface area contributed by atoms with E-state index in [2.05, 4.69) is 6.07 Å². The van der Waals surface area contributed by atoms with Crippen LogP contribution >= 0.6 is 0 Å². The molecular weight excluding hydrogens is 290 g/mol. The molecule has 0 spiro atoms. The van der Waals surface area contributed by atoms with E-state index in [1.807, 2.05) is 27.7 Å². The quantitative estimate of drug-likeness (QED) is 0.375. The van der Waals surface area contributed by atoms with Crippen LogP contribution in [0.5, 0.6) is 0 Å². The fourth-order valence-electron chi connectivity index (χ4n) is 4.08. The molecule has 0 aromatic carbocycles. The molecule has 1 fully saturated rings. The van der Waals surface area contributed by atoms with Gasteiger partial charge in [-0.05, 0) is 47.6 Å². The monoisotopic (exact) mass is 318 g/mol. The molecule has 1 heterocycles. The average molecular weight is 318 g/mol. The summed E-state index contributed by atoms with van der Waals surface area (Å²) in [5.41, 5.74) is -2.67. The molecular formula is C18H28N3O2+. The summed E-state index contributed by atoms with van der Waals surface area (Å²) < 4.78 is -0.323. The number of quaternary nitrogens is 1. The van der Waals surface area contributed by atoms with Crippen molar-refractivity contribution in [3.8, 4) is 6.07 Å². The summed E-state index contributed by atoms with van der Waals surface area (Å²) in [4.78, 5) is 25.3. The van der Waals surface area contributed by atoms with Crippen LogP contribution in [-0.4, -0.2) is 27.4 Å². The Labute approximate surface area is 139 Å². The number of nitriles is 1. The second-order valence-electron chi connectivity index (χ2n) is 7.60. The predicted octanol–water partition coefficient (Wildman–Crippen LogP) is 2.79. The lowest BCUT2D eigenvalue weighted by molar-refractivity contribution is -0.964. The van der Waals surface area contributed by atoms with Gasteiger partial charge in [-0.3, -0.25) is 4.79 Å². The zero-order chi connectivity index (χ0) is 18.1. The number of carbonyl (C=O) groups is 2. The number of ketones is 1. The number of rotatable bonds is 3. The standard InChI is InChI=1S/C18H28N3O2/c1-7-9-14(22)18(13-19)11-16(3,4)21(20,15(23)10-8-2)17(5,6)12-18/h7-10H,11-12,20H2,1-6H3/q+1/b9-7+,10-8+. The van der Waals surface area contributed by atoms with Crippen molar-refractivity contribution in [2.45, 2.75) is 65.5 Å². The first kappa shape index (κ1) is 19.3. The molecule has 0 atom stereocenters. The third-order valence-corrected chi connectivity index (χ3v) is 5.04. The second-order valence-corrected chi connectivity index (χ2v) is 7.60. The zero-order valence-corrected chi connectivity index (χ0v) is 15.0. The van der Waals surface area contributed by atoms with Crippen LogP contribution in [0.4, 0.5) is 0 Å². The minimum atomic E-state index is -1.16. The maximum Gasteiger partial charge on any atom is 0.358 e. The highest BCUT2D eigenvalue weighted by atomic mass is 16.2. The minimum absolute atomic E-state index is 0.214. The zero-order valence-electron chi connectivity index (χ0n) is 15.0. The summed E-state index contributed by atoms with van der Waals surface area (Å²) in [6.45, 7) is 10.9. The predicted molar refractivity (Wildman–Crippen MR) is 89.5 cm³/mol. The van der Waals surface area contributed by atoms with Crippen molar-refractivity contribution in [1.29, 1.82) is 5.26 Å². The second kappa shape index (κ2) is 6.03. The Morgan fingerprint density at radius 3 is 1.83 bits per heavy atom. The molecule has 5 nitrogen and oxygen atoms in total. The molecule has 1 saturated heterocycles. The molecule has 23 heavy (non-hydrogen) atoms. The summed E-state index contributed by atoms with van der Waals surface area (Å²) >= 11 is 0. The van der Waals surface area contributed by atoms with E-state index in [0.717, 1.165) is 0 Å². The van der Waals surface area contributed by atoms with E-state index in [1.165, 1.54) is 12.2 Å². The normalized spacial score (nSPS) is 32.8. The van der Waals surface area contributed by atoms with Crippen molar-refractivity contribution in [1.82, 2.24) is 0 Å². The van der Waals surface area contributed by atoms with Crippen molar-refractivity contribution in [2.24, 2.45) is 11.3 Å². The maximum absolute atomic E-state index is 12.7.